The minimum atomic E-state index is -0.326. The van der Waals surface area contributed by atoms with E-state index >= 15 is 0 Å². The van der Waals surface area contributed by atoms with Crippen LogP contribution >= 0.6 is 27.5 Å². The highest BCUT2D eigenvalue weighted by Gasteiger charge is 2.10. The van der Waals surface area contributed by atoms with Gasteiger partial charge in [0.1, 0.15) is 5.69 Å². The summed E-state index contributed by atoms with van der Waals surface area (Å²) < 4.78 is 0.734. The zero-order chi connectivity index (χ0) is 12.3. The summed E-state index contributed by atoms with van der Waals surface area (Å²) in [7, 11) is 0. The van der Waals surface area contributed by atoms with E-state index in [1.807, 2.05) is 0 Å². The van der Waals surface area contributed by atoms with Gasteiger partial charge in [0.25, 0.3) is 5.91 Å². The molecule has 0 unspecified atom stereocenters. The predicted octanol–water partition coefficient (Wildman–Crippen LogP) is 3.14. The summed E-state index contributed by atoms with van der Waals surface area (Å²) in [5, 5.41) is 2.88. The Morgan fingerprint density at radius 3 is 2.88 bits per heavy atom. The van der Waals surface area contributed by atoms with Crippen molar-refractivity contribution >= 4 is 39.1 Å². The second-order valence-electron chi connectivity index (χ2n) is 3.16. The largest absolute Gasteiger partial charge is 0.318 e. The van der Waals surface area contributed by atoms with Crippen molar-refractivity contribution in [1.82, 2.24) is 9.97 Å². The molecule has 1 N–H and O–H groups in total. The molecule has 6 heteroatoms. The van der Waals surface area contributed by atoms with Crippen LogP contribution < -0.4 is 5.32 Å². The zero-order valence-electron chi connectivity index (χ0n) is 8.52. The lowest BCUT2D eigenvalue weighted by molar-refractivity contribution is 0.102. The summed E-state index contributed by atoms with van der Waals surface area (Å²) in [6, 6.07) is 6.78. The number of carbonyl (C=O) groups is 1. The Morgan fingerprint density at radius 1 is 1.35 bits per heavy atom. The van der Waals surface area contributed by atoms with Crippen molar-refractivity contribution in [3.8, 4) is 0 Å². The van der Waals surface area contributed by atoms with Gasteiger partial charge in [-0.3, -0.25) is 9.78 Å². The SMILES string of the molecule is O=C(Nc1cc(Br)cnc1Cl)c1ccccn1. The minimum absolute atomic E-state index is 0.234. The first-order chi connectivity index (χ1) is 8.16. The van der Waals surface area contributed by atoms with Gasteiger partial charge in [0.05, 0.1) is 5.69 Å². The van der Waals surface area contributed by atoms with Gasteiger partial charge >= 0.3 is 0 Å². The fraction of sp³-hybridized carbons (Fsp3) is 0. The number of hydrogen-bond donors (Lipinski definition) is 1. The van der Waals surface area contributed by atoms with E-state index in [-0.39, 0.29) is 11.1 Å². The summed E-state index contributed by atoms with van der Waals surface area (Å²) in [5.41, 5.74) is 0.764. The van der Waals surface area contributed by atoms with Gasteiger partial charge in [-0.2, -0.15) is 0 Å². The molecular weight excluding hydrogens is 305 g/mol. The van der Waals surface area contributed by atoms with Crippen LogP contribution in [0.4, 0.5) is 5.69 Å². The maximum atomic E-state index is 11.8. The minimum Gasteiger partial charge on any atom is -0.318 e. The molecule has 0 aliphatic heterocycles. The quantitative estimate of drug-likeness (QED) is 0.867. The number of carbonyl (C=O) groups excluding carboxylic acids is 1. The highest BCUT2D eigenvalue weighted by molar-refractivity contribution is 9.10. The van der Waals surface area contributed by atoms with E-state index in [0.717, 1.165) is 4.47 Å². The van der Waals surface area contributed by atoms with Gasteiger partial charge in [-0.15, -0.1) is 0 Å². The molecule has 0 saturated carbocycles. The third-order valence-electron chi connectivity index (χ3n) is 1.95. The van der Waals surface area contributed by atoms with Crippen LogP contribution in [0.1, 0.15) is 10.5 Å². The number of anilines is 1. The number of pyridine rings is 2. The van der Waals surface area contributed by atoms with Gasteiger partial charge < -0.3 is 5.32 Å². The molecule has 0 spiro atoms. The highest BCUT2D eigenvalue weighted by Crippen LogP contribution is 2.23. The number of hydrogen-bond acceptors (Lipinski definition) is 3. The molecule has 4 nitrogen and oxygen atoms in total. The summed E-state index contributed by atoms with van der Waals surface area (Å²) in [4.78, 5) is 19.7. The zero-order valence-corrected chi connectivity index (χ0v) is 10.9. The van der Waals surface area contributed by atoms with Gasteiger partial charge in [-0.1, -0.05) is 17.7 Å². The van der Waals surface area contributed by atoms with Crippen LogP contribution in [0.2, 0.25) is 5.15 Å². The third-order valence-corrected chi connectivity index (χ3v) is 2.69. The van der Waals surface area contributed by atoms with Crippen molar-refractivity contribution in [3.05, 3.63) is 52.0 Å². The fourth-order valence-corrected chi connectivity index (χ4v) is 1.68. The Kier molecular flexibility index (Phi) is 3.71. The Balaban J connectivity index is 2.22. The average molecular weight is 313 g/mol. The van der Waals surface area contributed by atoms with E-state index in [1.54, 1.807) is 36.7 Å². The molecule has 0 bridgehead atoms. The third kappa shape index (κ3) is 3.01. The maximum absolute atomic E-state index is 11.8. The molecule has 0 aliphatic carbocycles. The van der Waals surface area contributed by atoms with Crippen LogP contribution in [0.5, 0.6) is 0 Å². The lowest BCUT2D eigenvalue weighted by atomic mass is 10.3. The van der Waals surface area contributed by atoms with E-state index in [2.05, 4.69) is 31.2 Å². The molecule has 0 aliphatic rings. The van der Waals surface area contributed by atoms with Crippen LogP contribution in [0, 0.1) is 0 Å². The van der Waals surface area contributed by atoms with Crippen LogP contribution in [-0.4, -0.2) is 15.9 Å². The van der Waals surface area contributed by atoms with E-state index in [9.17, 15) is 4.79 Å². The standard InChI is InChI=1S/C11H7BrClN3O/c12-7-5-9(10(13)15-6-7)16-11(17)8-3-1-2-4-14-8/h1-6H,(H,16,17). The summed E-state index contributed by atoms with van der Waals surface area (Å²) >= 11 is 9.12. The average Bonchev–Trinajstić information content (AvgIpc) is 2.35. The Morgan fingerprint density at radius 2 is 2.18 bits per heavy atom. The molecule has 2 heterocycles. The number of nitrogens with zero attached hydrogens (tertiary/aromatic N) is 2. The summed E-state index contributed by atoms with van der Waals surface area (Å²) in [6.07, 6.45) is 3.11. The normalized spacial score (nSPS) is 10.0. The second kappa shape index (κ2) is 5.25. The molecule has 2 aromatic heterocycles. The summed E-state index contributed by atoms with van der Waals surface area (Å²) in [5.74, 6) is -0.326. The molecule has 2 rings (SSSR count). The molecule has 1 amide bonds. The lowest BCUT2D eigenvalue weighted by Crippen LogP contribution is -2.13. The van der Waals surface area contributed by atoms with Crippen molar-refractivity contribution < 1.29 is 4.79 Å². The van der Waals surface area contributed by atoms with Crippen molar-refractivity contribution in [3.63, 3.8) is 0 Å². The molecule has 0 fully saturated rings. The number of amides is 1. The van der Waals surface area contributed by atoms with Crippen LogP contribution in [0.3, 0.4) is 0 Å². The Bertz CT molecular complexity index is 548. The molecule has 2 aromatic rings. The fourth-order valence-electron chi connectivity index (χ4n) is 1.19. The van der Waals surface area contributed by atoms with Crippen LogP contribution in [0.15, 0.2) is 41.1 Å². The first kappa shape index (κ1) is 12.0. The first-order valence-corrected chi connectivity index (χ1v) is 5.87. The number of aromatic nitrogens is 2. The molecule has 0 aromatic carbocycles. The molecule has 86 valence electrons. The number of halogens is 2. The Hall–Kier alpha value is -1.46. The monoisotopic (exact) mass is 311 g/mol. The molecule has 0 radical (unpaired) electrons. The van der Waals surface area contributed by atoms with E-state index in [1.165, 1.54) is 0 Å². The van der Waals surface area contributed by atoms with Gasteiger partial charge in [-0.05, 0) is 34.1 Å². The van der Waals surface area contributed by atoms with E-state index in [4.69, 9.17) is 11.6 Å². The van der Waals surface area contributed by atoms with Gasteiger partial charge in [0, 0.05) is 16.9 Å². The summed E-state index contributed by atoms with van der Waals surface area (Å²) in [6.45, 7) is 0. The van der Waals surface area contributed by atoms with Crippen LogP contribution in [-0.2, 0) is 0 Å². The Labute approximate surface area is 111 Å². The van der Waals surface area contributed by atoms with Crippen LogP contribution in [0.25, 0.3) is 0 Å². The highest BCUT2D eigenvalue weighted by atomic mass is 79.9. The molecular formula is C11H7BrClN3O. The van der Waals surface area contributed by atoms with E-state index in [0.29, 0.717) is 11.4 Å². The molecule has 17 heavy (non-hydrogen) atoms. The smallest absolute Gasteiger partial charge is 0.274 e. The van der Waals surface area contributed by atoms with Gasteiger partial charge in [0.2, 0.25) is 0 Å². The lowest BCUT2D eigenvalue weighted by Gasteiger charge is -2.06. The molecule has 0 saturated heterocycles. The first-order valence-electron chi connectivity index (χ1n) is 4.70. The second-order valence-corrected chi connectivity index (χ2v) is 4.43. The molecule has 0 atom stereocenters. The number of rotatable bonds is 2. The van der Waals surface area contributed by atoms with Crippen molar-refractivity contribution in [2.24, 2.45) is 0 Å². The van der Waals surface area contributed by atoms with Crippen molar-refractivity contribution in [1.29, 1.82) is 0 Å². The maximum Gasteiger partial charge on any atom is 0.274 e. The van der Waals surface area contributed by atoms with Gasteiger partial charge in [0.15, 0.2) is 5.15 Å². The van der Waals surface area contributed by atoms with Gasteiger partial charge in [-0.25, -0.2) is 4.98 Å². The number of nitrogens with one attached hydrogen (secondary N) is 1. The van der Waals surface area contributed by atoms with Crippen molar-refractivity contribution in [2.75, 3.05) is 5.32 Å². The van der Waals surface area contributed by atoms with E-state index < -0.39 is 0 Å². The predicted molar refractivity (Wildman–Crippen MR) is 69.1 cm³/mol. The topological polar surface area (TPSA) is 54.9 Å². The van der Waals surface area contributed by atoms with Crippen molar-refractivity contribution in [2.45, 2.75) is 0 Å².